The zero-order chi connectivity index (χ0) is 13.1. The number of nitro benzene ring substituents is 1. The van der Waals surface area contributed by atoms with Gasteiger partial charge < -0.3 is 4.74 Å². The second-order valence-electron chi connectivity index (χ2n) is 3.11. The summed E-state index contributed by atoms with van der Waals surface area (Å²) in [5.74, 6) is 0.197. The Kier molecular flexibility index (Phi) is 3.73. The van der Waals surface area contributed by atoms with Crippen LogP contribution in [0.4, 0.5) is 5.69 Å². The number of nitro groups is 1. The Balaban J connectivity index is 2.40. The summed E-state index contributed by atoms with van der Waals surface area (Å²) in [5.41, 5.74) is -0.154. The van der Waals surface area contributed by atoms with Gasteiger partial charge >= 0.3 is 5.69 Å². The fourth-order valence-electron chi connectivity index (χ4n) is 1.20. The van der Waals surface area contributed by atoms with Gasteiger partial charge in [-0.3, -0.25) is 10.1 Å². The van der Waals surface area contributed by atoms with Gasteiger partial charge in [-0.15, -0.1) is 0 Å². The molecule has 8 heteroatoms. The number of hydrogen-bond donors (Lipinski definition) is 0. The van der Waals surface area contributed by atoms with Crippen LogP contribution in [0.3, 0.4) is 0 Å². The summed E-state index contributed by atoms with van der Waals surface area (Å²) in [7, 11) is 0. The molecule has 0 spiro atoms. The van der Waals surface area contributed by atoms with Crippen LogP contribution < -0.4 is 4.74 Å². The number of halogens is 2. The normalized spacial score (nSPS) is 10.1. The Hall–Kier alpha value is -1.73. The maximum absolute atomic E-state index is 10.8. The third-order valence-corrected chi connectivity index (χ3v) is 3.21. The SMILES string of the molecule is O=[N+]([O-])c1ccccc1Oc1ncnc(Cl)c1Br. The highest BCUT2D eigenvalue weighted by Crippen LogP contribution is 2.35. The average molecular weight is 331 g/mol. The highest BCUT2D eigenvalue weighted by Gasteiger charge is 2.17. The highest BCUT2D eigenvalue weighted by atomic mass is 79.9. The number of ether oxygens (including phenoxy) is 1. The molecule has 18 heavy (non-hydrogen) atoms. The molecule has 2 aromatic rings. The third kappa shape index (κ3) is 2.57. The van der Waals surface area contributed by atoms with Gasteiger partial charge in [-0.25, -0.2) is 9.97 Å². The van der Waals surface area contributed by atoms with Crippen molar-refractivity contribution in [3.05, 3.63) is 50.3 Å². The van der Waals surface area contributed by atoms with Gasteiger partial charge in [-0.1, -0.05) is 23.7 Å². The number of hydrogen-bond acceptors (Lipinski definition) is 5. The molecule has 1 aromatic carbocycles. The van der Waals surface area contributed by atoms with E-state index in [4.69, 9.17) is 16.3 Å². The Morgan fingerprint density at radius 2 is 2.06 bits per heavy atom. The molecule has 1 aromatic heterocycles. The van der Waals surface area contributed by atoms with Crippen LogP contribution in [0.1, 0.15) is 0 Å². The lowest BCUT2D eigenvalue weighted by molar-refractivity contribution is -0.385. The molecule has 0 aliphatic rings. The highest BCUT2D eigenvalue weighted by molar-refractivity contribution is 9.10. The van der Waals surface area contributed by atoms with E-state index in [2.05, 4.69) is 25.9 Å². The van der Waals surface area contributed by atoms with Crippen molar-refractivity contribution < 1.29 is 9.66 Å². The third-order valence-electron chi connectivity index (χ3n) is 1.98. The summed E-state index contributed by atoms with van der Waals surface area (Å²) in [5, 5.41) is 11.0. The Labute approximate surface area is 115 Å². The van der Waals surface area contributed by atoms with Gasteiger partial charge in [-0.05, 0) is 22.0 Å². The van der Waals surface area contributed by atoms with Gasteiger partial charge in [0.15, 0.2) is 5.15 Å². The predicted octanol–water partition coefficient (Wildman–Crippen LogP) is 3.59. The van der Waals surface area contributed by atoms with Crippen LogP contribution in [0.25, 0.3) is 0 Å². The van der Waals surface area contributed by atoms with Gasteiger partial charge in [0.25, 0.3) is 0 Å². The molecular weight excluding hydrogens is 325 g/mol. The first-order valence-corrected chi connectivity index (χ1v) is 5.84. The standard InChI is InChI=1S/C10H5BrClN3O3/c11-8-9(12)13-5-14-10(8)18-7-4-2-1-3-6(7)15(16)17/h1-5H. The first-order valence-electron chi connectivity index (χ1n) is 4.67. The first-order chi connectivity index (χ1) is 8.59. The van der Waals surface area contributed by atoms with E-state index in [-0.39, 0.29) is 22.5 Å². The average Bonchev–Trinajstić information content (AvgIpc) is 2.35. The molecule has 0 amide bonds. The van der Waals surface area contributed by atoms with Crippen LogP contribution in [-0.2, 0) is 0 Å². The summed E-state index contributed by atoms with van der Waals surface area (Å²) < 4.78 is 5.70. The summed E-state index contributed by atoms with van der Waals surface area (Å²) in [6, 6.07) is 5.98. The number of aromatic nitrogens is 2. The monoisotopic (exact) mass is 329 g/mol. The Morgan fingerprint density at radius 3 is 2.78 bits per heavy atom. The Bertz CT molecular complexity index is 609. The summed E-state index contributed by atoms with van der Waals surface area (Å²) in [4.78, 5) is 17.9. The molecule has 0 atom stereocenters. The minimum Gasteiger partial charge on any atom is -0.430 e. The van der Waals surface area contributed by atoms with Crippen LogP contribution >= 0.6 is 27.5 Å². The van der Waals surface area contributed by atoms with Crippen LogP contribution in [0.5, 0.6) is 11.6 Å². The fraction of sp³-hybridized carbons (Fsp3) is 0. The minimum absolute atomic E-state index is 0.0815. The molecule has 92 valence electrons. The Morgan fingerprint density at radius 1 is 1.33 bits per heavy atom. The van der Waals surface area contributed by atoms with Gasteiger partial charge in [0.1, 0.15) is 10.8 Å². The number of para-hydroxylation sites is 2. The van der Waals surface area contributed by atoms with Crippen molar-refractivity contribution in [2.24, 2.45) is 0 Å². The lowest BCUT2D eigenvalue weighted by atomic mass is 10.3. The molecule has 6 nitrogen and oxygen atoms in total. The van der Waals surface area contributed by atoms with E-state index in [1.54, 1.807) is 12.1 Å². The van der Waals surface area contributed by atoms with Gasteiger partial charge in [0.2, 0.25) is 11.6 Å². The molecule has 2 rings (SSSR count). The predicted molar refractivity (Wildman–Crippen MR) is 67.9 cm³/mol. The van der Waals surface area contributed by atoms with E-state index in [1.165, 1.54) is 18.5 Å². The van der Waals surface area contributed by atoms with E-state index in [0.717, 1.165) is 0 Å². The number of nitrogens with zero attached hydrogens (tertiary/aromatic N) is 3. The van der Waals surface area contributed by atoms with Crippen molar-refractivity contribution in [1.82, 2.24) is 9.97 Å². The first kappa shape index (κ1) is 12.7. The van der Waals surface area contributed by atoms with Crippen molar-refractivity contribution >= 4 is 33.2 Å². The van der Waals surface area contributed by atoms with Crippen LogP contribution in [0.15, 0.2) is 35.1 Å². The summed E-state index contributed by atoms with van der Waals surface area (Å²) in [6.45, 7) is 0. The second-order valence-corrected chi connectivity index (χ2v) is 4.26. The molecule has 0 aliphatic heterocycles. The van der Waals surface area contributed by atoms with Gasteiger partial charge in [0, 0.05) is 6.07 Å². The number of rotatable bonds is 3. The van der Waals surface area contributed by atoms with Crippen molar-refractivity contribution in [3.63, 3.8) is 0 Å². The van der Waals surface area contributed by atoms with Gasteiger partial charge in [-0.2, -0.15) is 0 Å². The lowest BCUT2D eigenvalue weighted by Gasteiger charge is -2.06. The maximum atomic E-state index is 10.8. The molecule has 1 heterocycles. The molecule has 0 radical (unpaired) electrons. The lowest BCUT2D eigenvalue weighted by Crippen LogP contribution is -1.95. The van der Waals surface area contributed by atoms with Crippen molar-refractivity contribution in [2.45, 2.75) is 0 Å². The quantitative estimate of drug-likeness (QED) is 0.488. The van der Waals surface area contributed by atoms with Crippen LogP contribution in [0, 0.1) is 10.1 Å². The second kappa shape index (κ2) is 5.28. The summed E-state index contributed by atoms with van der Waals surface area (Å²) >= 11 is 8.92. The van der Waals surface area contributed by atoms with Crippen LogP contribution in [0.2, 0.25) is 5.15 Å². The maximum Gasteiger partial charge on any atom is 0.311 e. The molecule has 0 fully saturated rings. The number of benzene rings is 1. The van der Waals surface area contributed by atoms with Gasteiger partial charge in [0.05, 0.1) is 4.92 Å². The van der Waals surface area contributed by atoms with Crippen molar-refractivity contribution in [3.8, 4) is 11.6 Å². The van der Waals surface area contributed by atoms with E-state index in [9.17, 15) is 10.1 Å². The van der Waals surface area contributed by atoms with E-state index < -0.39 is 4.92 Å². The van der Waals surface area contributed by atoms with E-state index >= 15 is 0 Å². The smallest absolute Gasteiger partial charge is 0.311 e. The molecule has 0 saturated heterocycles. The van der Waals surface area contributed by atoms with E-state index in [1.807, 2.05) is 0 Å². The zero-order valence-electron chi connectivity index (χ0n) is 8.71. The van der Waals surface area contributed by atoms with Crippen molar-refractivity contribution in [2.75, 3.05) is 0 Å². The molecule has 0 N–H and O–H groups in total. The van der Waals surface area contributed by atoms with Crippen LogP contribution in [-0.4, -0.2) is 14.9 Å². The topological polar surface area (TPSA) is 78.2 Å². The fourth-order valence-corrected chi connectivity index (χ4v) is 1.61. The molecular formula is C10H5BrClN3O3. The molecule has 0 unspecified atom stereocenters. The summed E-state index contributed by atoms with van der Waals surface area (Å²) in [6.07, 6.45) is 1.21. The van der Waals surface area contributed by atoms with Crippen molar-refractivity contribution in [1.29, 1.82) is 0 Å². The molecule has 0 aliphatic carbocycles. The molecule has 0 saturated carbocycles. The molecule has 0 bridgehead atoms. The largest absolute Gasteiger partial charge is 0.430 e. The zero-order valence-corrected chi connectivity index (χ0v) is 11.1. The van der Waals surface area contributed by atoms with E-state index in [0.29, 0.717) is 4.47 Å². The minimum atomic E-state index is -0.536.